The number of aryl methyl sites for hydroxylation is 1. The third kappa shape index (κ3) is 2.63. The highest BCUT2D eigenvalue weighted by molar-refractivity contribution is 7.07. The van der Waals surface area contributed by atoms with Crippen molar-refractivity contribution in [2.45, 2.75) is 32.7 Å². The molecule has 1 aromatic heterocycles. The average molecular weight is 254 g/mol. The smallest absolute Gasteiger partial charge is 0.267 e. The number of carbonyl (C=O) groups excluding carboxylic acids is 1. The molecule has 17 heavy (non-hydrogen) atoms. The maximum absolute atomic E-state index is 12.4. The molecule has 2 rings (SSSR count). The molecule has 1 unspecified atom stereocenters. The third-order valence-electron chi connectivity index (χ3n) is 3.16. The molecule has 0 radical (unpaired) electrons. The Hall–Kier alpha value is -1.01. The molecular weight excluding hydrogens is 236 g/mol. The predicted molar refractivity (Wildman–Crippen MR) is 67.2 cm³/mol. The molecule has 0 saturated carbocycles. The number of amides is 1. The standard InChI is InChI=1S/C11H18N4OS/c1-3-15(9-5-4-6-12-7-9)11(16)10-8(2)13-14-17-10/h9,12H,3-7H2,1-2H3. The van der Waals surface area contributed by atoms with Crippen LogP contribution in [0, 0.1) is 6.92 Å². The molecule has 1 fully saturated rings. The van der Waals surface area contributed by atoms with Gasteiger partial charge < -0.3 is 10.2 Å². The first kappa shape index (κ1) is 12.4. The number of nitrogens with one attached hydrogen (secondary N) is 1. The molecule has 0 aromatic carbocycles. The van der Waals surface area contributed by atoms with Gasteiger partial charge in [0.2, 0.25) is 0 Å². The van der Waals surface area contributed by atoms with Crippen LogP contribution >= 0.6 is 11.5 Å². The zero-order chi connectivity index (χ0) is 12.3. The van der Waals surface area contributed by atoms with Gasteiger partial charge in [-0.2, -0.15) is 0 Å². The van der Waals surface area contributed by atoms with Crippen LogP contribution in [0.1, 0.15) is 35.1 Å². The van der Waals surface area contributed by atoms with Gasteiger partial charge in [0.1, 0.15) is 4.88 Å². The van der Waals surface area contributed by atoms with Crippen molar-refractivity contribution in [3.8, 4) is 0 Å². The Labute approximate surface area is 105 Å². The van der Waals surface area contributed by atoms with Gasteiger partial charge in [-0.25, -0.2) is 0 Å². The van der Waals surface area contributed by atoms with Crippen LogP contribution in [0.4, 0.5) is 0 Å². The van der Waals surface area contributed by atoms with E-state index in [1.165, 1.54) is 11.5 Å². The van der Waals surface area contributed by atoms with E-state index in [2.05, 4.69) is 14.9 Å². The van der Waals surface area contributed by atoms with E-state index in [1.807, 2.05) is 18.7 Å². The van der Waals surface area contributed by atoms with Crippen LogP contribution in [-0.4, -0.2) is 46.1 Å². The summed E-state index contributed by atoms with van der Waals surface area (Å²) < 4.78 is 3.83. The van der Waals surface area contributed by atoms with E-state index < -0.39 is 0 Å². The number of hydrogen-bond donors (Lipinski definition) is 1. The van der Waals surface area contributed by atoms with Crippen molar-refractivity contribution in [1.82, 2.24) is 19.8 Å². The summed E-state index contributed by atoms with van der Waals surface area (Å²) in [4.78, 5) is 15.0. The van der Waals surface area contributed by atoms with Crippen molar-refractivity contribution in [2.24, 2.45) is 0 Å². The Balaban J connectivity index is 2.12. The number of hydrogen-bond acceptors (Lipinski definition) is 5. The molecule has 0 spiro atoms. The van der Waals surface area contributed by atoms with Gasteiger partial charge in [-0.3, -0.25) is 4.79 Å². The predicted octanol–water partition coefficient (Wildman–Crippen LogP) is 1.06. The zero-order valence-electron chi connectivity index (χ0n) is 10.3. The van der Waals surface area contributed by atoms with Gasteiger partial charge in [0.05, 0.1) is 5.69 Å². The first-order valence-corrected chi connectivity index (χ1v) is 6.82. The summed E-state index contributed by atoms with van der Waals surface area (Å²) in [6.07, 6.45) is 2.21. The van der Waals surface area contributed by atoms with Crippen LogP contribution in [-0.2, 0) is 0 Å². The SMILES string of the molecule is CCN(C(=O)c1snnc1C)C1CCCNC1. The third-order valence-corrected chi connectivity index (χ3v) is 3.97. The fourth-order valence-electron chi connectivity index (χ4n) is 2.23. The summed E-state index contributed by atoms with van der Waals surface area (Å²) in [6, 6.07) is 0.308. The van der Waals surface area contributed by atoms with E-state index in [-0.39, 0.29) is 5.91 Å². The van der Waals surface area contributed by atoms with Crippen molar-refractivity contribution in [3.63, 3.8) is 0 Å². The number of aromatic nitrogens is 2. The fraction of sp³-hybridized carbons (Fsp3) is 0.727. The lowest BCUT2D eigenvalue weighted by Gasteiger charge is -2.33. The van der Waals surface area contributed by atoms with Crippen LogP contribution in [0.25, 0.3) is 0 Å². The van der Waals surface area contributed by atoms with E-state index in [1.54, 1.807) is 0 Å². The molecule has 1 N–H and O–H groups in total. The minimum Gasteiger partial charge on any atom is -0.334 e. The van der Waals surface area contributed by atoms with Crippen molar-refractivity contribution >= 4 is 17.4 Å². The molecule has 2 heterocycles. The first-order chi connectivity index (χ1) is 8.24. The molecule has 1 aliphatic rings. The van der Waals surface area contributed by atoms with Gasteiger partial charge in [-0.15, -0.1) is 5.10 Å². The van der Waals surface area contributed by atoms with Crippen LogP contribution in [0.15, 0.2) is 0 Å². The monoisotopic (exact) mass is 254 g/mol. The number of likely N-dealkylation sites (N-methyl/N-ethyl adjacent to an activating group) is 1. The van der Waals surface area contributed by atoms with Crippen molar-refractivity contribution in [3.05, 3.63) is 10.6 Å². The highest BCUT2D eigenvalue weighted by Crippen LogP contribution is 2.17. The first-order valence-electron chi connectivity index (χ1n) is 6.04. The second-order valence-corrected chi connectivity index (χ2v) is 5.03. The summed E-state index contributed by atoms with van der Waals surface area (Å²) in [7, 11) is 0. The van der Waals surface area contributed by atoms with Gasteiger partial charge in [0.25, 0.3) is 5.91 Å². The molecule has 1 atom stereocenters. The minimum atomic E-state index is 0.0775. The average Bonchev–Trinajstić information content (AvgIpc) is 2.77. The van der Waals surface area contributed by atoms with E-state index in [0.29, 0.717) is 10.9 Å². The Bertz CT molecular complexity index is 387. The maximum Gasteiger partial charge on any atom is 0.267 e. The molecule has 5 nitrogen and oxygen atoms in total. The second kappa shape index (κ2) is 5.55. The van der Waals surface area contributed by atoms with E-state index >= 15 is 0 Å². The molecule has 1 amide bonds. The Morgan fingerprint density at radius 1 is 1.65 bits per heavy atom. The second-order valence-electron chi connectivity index (χ2n) is 4.28. The van der Waals surface area contributed by atoms with Gasteiger partial charge in [-0.05, 0) is 44.8 Å². The highest BCUT2D eigenvalue weighted by Gasteiger charge is 2.27. The van der Waals surface area contributed by atoms with Gasteiger partial charge in [0, 0.05) is 19.1 Å². The summed E-state index contributed by atoms with van der Waals surface area (Å²) in [5.74, 6) is 0.0775. The lowest BCUT2D eigenvalue weighted by molar-refractivity contribution is 0.0666. The normalized spacial score (nSPS) is 20.2. The van der Waals surface area contributed by atoms with Crippen LogP contribution in [0.3, 0.4) is 0 Å². The number of rotatable bonds is 3. The number of piperidine rings is 1. The lowest BCUT2D eigenvalue weighted by Crippen LogP contribution is -2.48. The fourth-order valence-corrected chi connectivity index (χ4v) is 2.84. The molecule has 6 heteroatoms. The highest BCUT2D eigenvalue weighted by atomic mass is 32.1. The van der Waals surface area contributed by atoms with Crippen molar-refractivity contribution < 1.29 is 4.79 Å². The number of carbonyl (C=O) groups is 1. The van der Waals surface area contributed by atoms with Gasteiger partial charge >= 0.3 is 0 Å². The molecule has 0 bridgehead atoms. The Kier molecular flexibility index (Phi) is 4.06. The lowest BCUT2D eigenvalue weighted by atomic mass is 10.1. The zero-order valence-corrected chi connectivity index (χ0v) is 11.1. The molecule has 1 saturated heterocycles. The van der Waals surface area contributed by atoms with Crippen LogP contribution in [0.5, 0.6) is 0 Å². The summed E-state index contributed by atoms with van der Waals surface area (Å²) in [5.41, 5.74) is 0.738. The Morgan fingerprint density at radius 2 is 2.47 bits per heavy atom. The molecule has 1 aliphatic heterocycles. The van der Waals surface area contributed by atoms with Crippen LogP contribution in [0.2, 0.25) is 0 Å². The quantitative estimate of drug-likeness (QED) is 0.876. The molecule has 0 aliphatic carbocycles. The van der Waals surface area contributed by atoms with Crippen LogP contribution < -0.4 is 5.32 Å². The summed E-state index contributed by atoms with van der Waals surface area (Å²) in [6.45, 7) is 6.55. The Morgan fingerprint density at radius 3 is 3.00 bits per heavy atom. The van der Waals surface area contributed by atoms with E-state index in [0.717, 1.165) is 38.2 Å². The maximum atomic E-state index is 12.4. The topological polar surface area (TPSA) is 58.1 Å². The summed E-state index contributed by atoms with van der Waals surface area (Å²) >= 11 is 1.19. The van der Waals surface area contributed by atoms with E-state index in [9.17, 15) is 4.79 Å². The summed E-state index contributed by atoms with van der Waals surface area (Å²) in [5, 5.41) is 7.25. The van der Waals surface area contributed by atoms with Gasteiger partial charge in [-0.1, -0.05) is 4.49 Å². The largest absolute Gasteiger partial charge is 0.334 e. The number of nitrogens with zero attached hydrogens (tertiary/aromatic N) is 3. The van der Waals surface area contributed by atoms with Gasteiger partial charge in [0.15, 0.2) is 0 Å². The van der Waals surface area contributed by atoms with E-state index in [4.69, 9.17) is 0 Å². The molecule has 94 valence electrons. The minimum absolute atomic E-state index is 0.0775. The molecule has 1 aromatic rings. The van der Waals surface area contributed by atoms with Crippen molar-refractivity contribution in [1.29, 1.82) is 0 Å². The molecular formula is C11H18N4OS. The van der Waals surface area contributed by atoms with Crippen molar-refractivity contribution in [2.75, 3.05) is 19.6 Å².